The van der Waals surface area contributed by atoms with Crippen molar-refractivity contribution in [2.45, 2.75) is 467 Å². The number of unbranched alkanes of at least 4 members (excludes halogenated alkanes) is 39. The highest BCUT2D eigenvalue weighted by molar-refractivity contribution is 5.49. The summed E-state index contributed by atoms with van der Waals surface area (Å²) in [6, 6.07) is 0. The fourth-order valence-electron chi connectivity index (χ4n) is 16.8. The molecule has 0 saturated carbocycles. The summed E-state index contributed by atoms with van der Waals surface area (Å²) < 4.78 is 0. The van der Waals surface area contributed by atoms with E-state index in [1.807, 2.05) is 0 Å². The zero-order valence-corrected chi connectivity index (χ0v) is 72.8. The molecule has 0 heterocycles. The molecule has 0 aromatic heterocycles. The van der Waals surface area contributed by atoms with Gasteiger partial charge in [-0.15, -0.1) is 145 Å². The summed E-state index contributed by atoms with van der Waals surface area (Å²) >= 11 is 0. The highest BCUT2D eigenvalue weighted by atomic mass is 14.8. The maximum absolute atomic E-state index is 8.11. The predicted molar refractivity (Wildman–Crippen MR) is 483 cm³/mol. The van der Waals surface area contributed by atoms with Crippen LogP contribution in [-0.2, 0) is 0 Å². The molecular weight excluding hydrogens is 1310 g/mol. The van der Waals surface area contributed by atoms with Gasteiger partial charge in [0.25, 0.3) is 0 Å². The van der Waals surface area contributed by atoms with Gasteiger partial charge in [0.1, 0.15) is 0 Å². The minimum absolute atomic E-state index is 0.406. The summed E-state index contributed by atoms with van der Waals surface area (Å²) in [6.45, 7) is 23.0. The second-order valence-electron chi connectivity index (χ2n) is 31.7. The van der Waals surface area contributed by atoms with Gasteiger partial charge in [0.15, 0.2) is 0 Å². The Bertz CT molecular complexity index is 3260. The molecule has 0 nitrogen and oxygen atoms in total. The van der Waals surface area contributed by atoms with Gasteiger partial charge in [0, 0.05) is 126 Å². The van der Waals surface area contributed by atoms with Gasteiger partial charge in [-0.25, -0.2) is 0 Å². The maximum atomic E-state index is 8.11. The van der Waals surface area contributed by atoms with E-state index in [9.17, 15) is 0 Å². The molecule has 0 aliphatic carbocycles. The summed E-state index contributed by atoms with van der Waals surface area (Å²) in [5.74, 6) is 96.1. The van der Waals surface area contributed by atoms with E-state index in [1.165, 1.54) is 25.7 Å². The molecule has 109 heavy (non-hydrogen) atoms. The van der Waals surface area contributed by atoms with Gasteiger partial charge in [-0.1, -0.05) is 265 Å². The molecule has 0 N–H and O–H groups in total. The van der Waals surface area contributed by atoms with E-state index in [-0.39, 0.29) is 0 Å². The monoisotopic (exact) mass is 1470 g/mol. The lowest BCUT2D eigenvalue weighted by molar-refractivity contribution is -0.176. The van der Waals surface area contributed by atoms with Crippen molar-refractivity contribution >= 4 is 0 Å². The van der Waals surface area contributed by atoms with Crippen molar-refractivity contribution in [2.24, 2.45) is 37.9 Å². The van der Waals surface area contributed by atoms with Crippen LogP contribution in [0.1, 0.15) is 467 Å². The van der Waals surface area contributed by atoms with Crippen molar-refractivity contribution in [3.05, 3.63) is 0 Å². The van der Waals surface area contributed by atoms with Gasteiger partial charge in [-0.05, 0) is 122 Å². The van der Waals surface area contributed by atoms with Crippen LogP contribution in [0.15, 0.2) is 0 Å². The molecule has 7 atom stereocenters. The van der Waals surface area contributed by atoms with Crippen molar-refractivity contribution in [3.8, 4) is 181 Å². The van der Waals surface area contributed by atoms with Gasteiger partial charge < -0.3 is 0 Å². The standard InChI is InChI=1S/C109H160/c1-17-32-46-58-64-70-77-91-104(31-15,92-78-71-65-59-47-33-18-2)106(95-82-72-61-49-35-20-4,96-83-75-66-60-48-34-19-3)108(99-87-73-62-50-36-21-5,100-88-74-63-51-37-22-6)109(101-85-68-53-39-24-8,102-86-69-54-40-25-9)107(97-81-57-43-28-12,98-84-67-52-38-23-7)105(93-79-55-41-26-10,94-80-56-42-27-11)103(16,89-45-30-14)90-76-44-29-13/h1,4,8,12-13,15H,18-19,21-23,25-27,30,32-44,46-55,57-68,70,72-73,75-77,81-82,85,90-92,94-95,97,100-102H2,2-3,5-7,9-11,14,16H3. The zero-order valence-electron chi connectivity index (χ0n) is 72.8. The second-order valence-corrected chi connectivity index (χ2v) is 31.7. The van der Waals surface area contributed by atoms with E-state index in [0.717, 1.165) is 270 Å². The summed E-state index contributed by atoms with van der Waals surface area (Å²) in [4.78, 5) is 0. The average Bonchev–Trinajstić information content (AvgIpc) is 0.663. The highest BCUT2D eigenvalue weighted by Gasteiger charge is 2.77. The molecule has 0 rings (SSSR count). The molecule has 0 aromatic carbocycles. The largest absolute Gasteiger partial charge is 0.120 e. The van der Waals surface area contributed by atoms with Gasteiger partial charge in [0.05, 0.1) is 27.1 Å². The van der Waals surface area contributed by atoms with E-state index in [1.54, 1.807) is 0 Å². The third-order valence-corrected chi connectivity index (χ3v) is 23.2. The van der Waals surface area contributed by atoms with Gasteiger partial charge >= 0.3 is 0 Å². The molecule has 0 aromatic rings. The first-order valence-corrected chi connectivity index (χ1v) is 45.4. The molecule has 0 aliphatic heterocycles. The fourth-order valence-corrected chi connectivity index (χ4v) is 16.8. The van der Waals surface area contributed by atoms with Crippen LogP contribution in [0.25, 0.3) is 0 Å². The Balaban J connectivity index is 13.3. The molecule has 0 radical (unpaired) electrons. The van der Waals surface area contributed by atoms with Crippen LogP contribution in [0.4, 0.5) is 0 Å². The smallest absolute Gasteiger partial charge is 0.0757 e. The Morgan fingerprint density at radius 1 is 0.202 bits per heavy atom. The topological polar surface area (TPSA) is 0 Å². The quantitative estimate of drug-likeness (QED) is 0.0421. The number of hydrogen-bond acceptors (Lipinski definition) is 0. The van der Waals surface area contributed by atoms with Crippen LogP contribution < -0.4 is 0 Å². The molecule has 0 bridgehead atoms. The van der Waals surface area contributed by atoms with Crippen LogP contribution in [0.5, 0.6) is 0 Å². The van der Waals surface area contributed by atoms with Crippen LogP contribution in [0.2, 0.25) is 0 Å². The second kappa shape index (κ2) is 69.4. The third-order valence-electron chi connectivity index (χ3n) is 23.2. The molecule has 0 fully saturated rings. The Morgan fingerprint density at radius 2 is 0.514 bits per heavy atom. The van der Waals surface area contributed by atoms with Crippen LogP contribution >= 0.6 is 0 Å². The number of terminal acetylenes is 6. The minimum Gasteiger partial charge on any atom is -0.120 e. The molecule has 0 saturated heterocycles. The summed E-state index contributed by atoms with van der Waals surface area (Å²) in [7, 11) is 0. The predicted octanol–water partition coefficient (Wildman–Crippen LogP) is 30.1. The van der Waals surface area contributed by atoms with E-state index >= 15 is 0 Å². The lowest BCUT2D eigenvalue weighted by Crippen LogP contribution is -2.69. The first-order chi connectivity index (χ1) is 53.4. The Kier molecular flexibility index (Phi) is 65.2. The van der Waals surface area contributed by atoms with Crippen molar-refractivity contribution < 1.29 is 0 Å². The average molecular weight is 1470 g/mol. The fraction of sp³-hybridized carbons (Fsp3) is 0.725. The van der Waals surface area contributed by atoms with Crippen LogP contribution in [-0.4, -0.2) is 0 Å². The SMILES string of the molecule is C#CCCCCCCCC(C#C)(CC#CCCCCCC)C(C#CCCCCCCC)(CCCCCCC#C)C(C#CCCCCCC)(CC#CCCCCC)C(CC#CCCCC)(CCCCCC#C)C(C#CCCCCC)(CCCCC#C)C(C#CCCCC)(CC#CCCC)C(C)(C#CCC)CCCC#C. The van der Waals surface area contributed by atoms with Crippen LogP contribution in [0, 0.1) is 219 Å². The molecule has 0 spiro atoms. The van der Waals surface area contributed by atoms with E-state index in [0.29, 0.717) is 103 Å². The summed E-state index contributed by atoms with van der Waals surface area (Å²) in [6.07, 6.45) is 94.1. The molecular formula is C109H160. The van der Waals surface area contributed by atoms with Crippen molar-refractivity contribution in [3.63, 3.8) is 0 Å². The van der Waals surface area contributed by atoms with Crippen molar-refractivity contribution in [1.82, 2.24) is 0 Å². The normalized spacial score (nSPS) is 14.2. The van der Waals surface area contributed by atoms with E-state index in [2.05, 4.69) is 194 Å². The number of rotatable bonds is 59. The molecule has 7 unspecified atom stereocenters. The first kappa shape index (κ1) is 102. The molecule has 0 heteroatoms. The lowest BCUT2D eigenvalue weighted by Gasteiger charge is -2.69. The Labute approximate surface area is 681 Å². The maximum Gasteiger partial charge on any atom is 0.0757 e. The van der Waals surface area contributed by atoms with Gasteiger partial charge in [-0.2, -0.15) is 0 Å². The van der Waals surface area contributed by atoms with Crippen molar-refractivity contribution in [1.29, 1.82) is 0 Å². The Hall–Kier alpha value is -6.60. The Morgan fingerprint density at radius 3 is 1.00 bits per heavy atom. The molecule has 596 valence electrons. The van der Waals surface area contributed by atoms with Crippen LogP contribution in [0.3, 0.4) is 0 Å². The minimum atomic E-state index is -1.21. The zero-order chi connectivity index (χ0) is 80.3. The van der Waals surface area contributed by atoms with Crippen molar-refractivity contribution in [2.75, 3.05) is 0 Å². The number of hydrogen-bond donors (Lipinski definition) is 0. The molecule has 0 aliphatic rings. The first-order valence-electron chi connectivity index (χ1n) is 45.4. The van der Waals surface area contributed by atoms with E-state index < -0.39 is 37.9 Å². The third kappa shape index (κ3) is 37.5. The summed E-state index contributed by atoms with van der Waals surface area (Å²) in [5.41, 5.74) is -7.47. The summed E-state index contributed by atoms with van der Waals surface area (Å²) in [5, 5.41) is 0. The van der Waals surface area contributed by atoms with Gasteiger partial charge in [-0.3, -0.25) is 0 Å². The molecule has 0 amide bonds. The lowest BCUT2D eigenvalue weighted by atomic mass is 9.29. The van der Waals surface area contributed by atoms with E-state index in [4.69, 9.17) is 56.3 Å². The highest BCUT2D eigenvalue weighted by Crippen LogP contribution is 2.78. The van der Waals surface area contributed by atoms with Gasteiger partial charge in [0.2, 0.25) is 0 Å².